The summed E-state index contributed by atoms with van der Waals surface area (Å²) in [6.45, 7) is 0.362. The van der Waals surface area contributed by atoms with Crippen LogP contribution in [-0.4, -0.2) is 37.4 Å². The number of rotatable bonds is 11. The molecule has 50 heavy (non-hydrogen) atoms. The molecule has 4 aromatic carbocycles. The zero-order valence-electron chi connectivity index (χ0n) is 27.0. The third kappa shape index (κ3) is 7.18. The van der Waals surface area contributed by atoms with Gasteiger partial charge in [-0.15, -0.1) is 0 Å². The second kappa shape index (κ2) is 15.4. The molecule has 2 aromatic heterocycles. The number of hydrogen-bond acceptors (Lipinski definition) is 8. The lowest BCUT2D eigenvalue weighted by atomic mass is 9.98. The molecule has 0 fully saturated rings. The van der Waals surface area contributed by atoms with E-state index in [1.54, 1.807) is 24.3 Å². The first-order chi connectivity index (χ1) is 24.4. The van der Waals surface area contributed by atoms with Gasteiger partial charge in [0.1, 0.15) is 48.0 Å². The molecule has 0 N–H and O–H groups in total. The summed E-state index contributed by atoms with van der Waals surface area (Å²) in [5.41, 5.74) is 6.03. The van der Waals surface area contributed by atoms with E-state index in [1.807, 2.05) is 84.9 Å². The smallest absolute Gasteiger partial charge is 0.232 e. The van der Waals surface area contributed by atoms with Gasteiger partial charge in [-0.3, -0.25) is 0 Å². The van der Waals surface area contributed by atoms with Crippen LogP contribution >= 0.6 is 23.2 Å². The molecule has 0 saturated heterocycles. The summed E-state index contributed by atoms with van der Waals surface area (Å²) in [5, 5.41) is 21.4. The second-order valence-corrected chi connectivity index (χ2v) is 11.7. The van der Waals surface area contributed by atoms with E-state index < -0.39 is 0 Å². The molecular formula is C40H28Cl2N4O4. The van der Waals surface area contributed by atoms with E-state index in [1.165, 1.54) is 14.2 Å². The molecule has 0 spiro atoms. The van der Waals surface area contributed by atoms with Crippen molar-refractivity contribution >= 4 is 23.2 Å². The molecule has 0 atom stereocenters. The Labute approximate surface area is 299 Å². The summed E-state index contributed by atoms with van der Waals surface area (Å²) in [5.74, 6) is 1.51. The van der Waals surface area contributed by atoms with Crippen LogP contribution < -0.4 is 18.9 Å². The summed E-state index contributed by atoms with van der Waals surface area (Å²) in [7, 11) is 2.96. The van der Waals surface area contributed by atoms with E-state index in [0.717, 1.165) is 11.1 Å². The van der Waals surface area contributed by atoms with E-state index in [0.29, 0.717) is 55.2 Å². The number of methoxy groups -OCH3 is 2. The van der Waals surface area contributed by atoms with Crippen molar-refractivity contribution < 1.29 is 18.9 Å². The van der Waals surface area contributed by atoms with E-state index in [9.17, 15) is 10.5 Å². The summed E-state index contributed by atoms with van der Waals surface area (Å²) in [6, 6.07) is 37.6. The topological polar surface area (TPSA) is 110 Å². The molecule has 0 aliphatic heterocycles. The fraction of sp³-hybridized carbons (Fsp3) is 0.100. The van der Waals surface area contributed by atoms with Crippen molar-refractivity contribution in [3.63, 3.8) is 0 Å². The molecule has 0 aliphatic rings. The van der Waals surface area contributed by atoms with Gasteiger partial charge in [0, 0.05) is 43.4 Å². The van der Waals surface area contributed by atoms with Crippen molar-refractivity contribution in [2.24, 2.45) is 0 Å². The van der Waals surface area contributed by atoms with Gasteiger partial charge >= 0.3 is 0 Å². The maximum absolute atomic E-state index is 10.1. The summed E-state index contributed by atoms with van der Waals surface area (Å²) < 4.78 is 23.6. The van der Waals surface area contributed by atoms with Crippen LogP contribution in [0.25, 0.3) is 44.8 Å². The normalized spacial score (nSPS) is 10.5. The Morgan fingerprint density at radius 1 is 0.540 bits per heavy atom. The number of hydrogen-bond donors (Lipinski definition) is 0. The molecule has 0 unspecified atom stereocenters. The predicted octanol–water partition coefficient (Wildman–Crippen LogP) is 9.67. The summed E-state index contributed by atoms with van der Waals surface area (Å²) >= 11 is 12.2. The SMILES string of the molecule is COc1nc(-c2ccc(Cl)cc2)cc(-c2ccccc2OCCOc2ccccc2-c2cc(-c3ccc(Cl)cc3)nc(OC)c2C#N)c1C#N. The van der Waals surface area contributed by atoms with Crippen LogP contribution in [0.3, 0.4) is 0 Å². The van der Waals surface area contributed by atoms with Crippen molar-refractivity contribution in [2.45, 2.75) is 0 Å². The highest BCUT2D eigenvalue weighted by Crippen LogP contribution is 2.40. The lowest BCUT2D eigenvalue weighted by Crippen LogP contribution is -2.10. The number of para-hydroxylation sites is 2. The second-order valence-electron chi connectivity index (χ2n) is 10.8. The van der Waals surface area contributed by atoms with Crippen molar-refractivity contribution in [3.8, 4) is 80.2 Å². The first-order valence-corrected chi connectivity index (χ1v) is 16.1. The third-order valence-electron chi connectivity index (χ3n) is 7.82. The highest BCUT2D eigenvalue weighted by atomic mass is 35.5. The number of benzene rings is 4. The van der Waals surface area contributed by atoms with Crippen molar-refractivity contribution in [2.75, 3.05) is 27.4 Å². The minimum atomic E-state index is 0.181. The lowest BCUT2D eigenvalue weighted by Gasteiger charge is -2.17. The average Bonchev–Trinajstić information content (AvgIpc) is 3.16. The fourth-order valence-electron chi connectivity index (χ4n) is 5.45. The highest BCUT2D eigenvalue weighted by Gasteiger charge is 2.20. The van der Waals surface area contributed by atoms with E-state index in [2.05, 4.69) is 22.1 Å². The first kappa shape index (κ1) is 33.8. The zero-order valence-corrected chi connectivity index (χ0v) is 28.5. The molecule has 6 rings (SSSR count). The molecule has 0 saturated carbocycles. The summed E-state index contributed by atoms with van der Waals surface area (Å²) in [4.78, 5) is 9.17. The Morgan fingerprint density at radius 3 is 1.28 bits per heavy atom. The molecule has 10 heteroatoms. The van der Waals surface area contributed by atoms with Crippen LogP contribution in [-0.2, 0) is 0 Å². The van der Waals surface area contributed by atoms with Gasteiger partial charge in [0.05, 0.1) is 25.6 Å². The van der Waals surface area contributed by atoms with E-state index in [-0.39, 0.29) is 36.1 Å². The largest absolute Gasteiger partial charge is 0.489 e. The van der Waals surface area contributed by atoms with Gasteiger partial charge in [-0.05, 0) is 48.5 Å². The average molecular weight is 700 g/mol. The first-order valence-electron chi connectivity index (χ1n) is 15.4. The maximum Gasteiger partial charge on any atom is 0.232 e. The van der Waals surface area contributed by atoms with Crippen LogP contribution in [0.15, 0.2) is 109 Å². The van der Waals surface area contributed by atoms with Crippen molar-refractivity contribution in [3.05, 3.63) is 130 Å². The number of nitriles is 2. The third-order valence-corrected chi connectivity index (χ3v) is 8.32. The van der Waals surface area contributed by atoms with Gasteiger partial charge in [-0.1, -0.05) is 83.9 Å². The molecule has 0 aliphatic carbocycles. The van der Waals surface area contributed by atoms with Gasteiger partial charge in [0.2, 0.25) is 11.8 Å². The van der Waals surface area contributed by atoms with Crippen LogP contribution in [0, 0.1) is 22.7 Å². The number of halogens is 2. The molecule has 246 valence electrons. The Morgan fingerprint density at radius 2 is 0.920 bits per heavy atom. The van der Waals surface area contributed by atoms with Gasteiger partial charge in [0.25, 0.3) is 0 Å². The van der Waals surface area contributed by atoms with E-state index in [4.69, 9.17) is 42.1 Å². The van der Waals surface area contributed by atoms with Crippen LogP contribution in [0.5, 0.6) is 23.3 Å². The fourth-order valence-corrected chi connectivity index (χ4v) is 5.70. The van der Waals surface area contributed by atoms with Crippen molar-refractivity contribution in [1.82, 2.24) is 9.97 Å². The molecule has 8 nitrogen and oxygen atoms in total. The van der Waals surface area contributed by atoms with Gasteiger partial charge in [-0.2, -0.15) is 10.5 Å². The quantitative estimate of drug-likeness (QED) is 0.123. The molecular weight excluding hydrogens is 671 g/mol. The monoisotopic (exact) mass is 698 g/mol. The molecule has 6 aromatic rings. The van der Waals surface area contributed by atoms with Gasteiger partial charge in [0.15, 0.2) is 0 Å². The zero-order chi connectivity index (χ0) is 35.0. The highest BCUT2D eigenvalue weighted by molar-refractivity contribution is 6.30. The maximum atomic E-state index is 10.1. The minimum Gasteiger partial charge on any atom is -0.489 e. The number of ether oxygens (including phenoxy) is 4. The molecule has 0 bridgehead atoms. The number of pyridine rings is 2. The van der Waals surface area contributed by atoms with Crippen LogP contribution in [0.4, 0.5) is 0 Å². The van der Waals surface area contributed by atoms with Crippen molar-refractivity contribution in [1.29, 1.82) is 10.5 Å². The molecule has 0 radical (unpaired) electrons. The lowest BCUT2D eigenvalue weighted by molar-refractivity contribution is 0.218. The standard InChI is InChI=1S/C40H28Cl2N4O4/c1-47-39-33(23-43)31(21-35(45-39)25-11-15-27(41)16-12-25)29-7-3-5-9-37(29)49-19-20-50-38-10-6-4-8-30(38)32-22-36(26-13-17-28(42)18-14-26)46-40(48-2)34(32)24-44/h3-18,21-22H,19-20H2,1-2H3. The predicted molar refractivity (Wildman–Crippen MR) is 194 cm³/mol. The summed E-state index contributed by atoms with van der Waals surface area (Å²) in [6.07, 6.45) is 0. The molecule has 2 heterocycles. The molecule has 0 amide bonds. The van der Waals surface area contributed by atoms with Crippen LogP contribution in [0.2, 0.25) is 10.0 Å². The Kier molecular flexibility index (Phi) is 10.4. The van der Waals surface area contributed by atoms with E-state index >= 15 is 0 Å². The van der Waals surface area contributed by atoms with Gasteiger partial charge < -0.3 is 18.9 Å². The van der Waals surface area contributed by atoms with Crippen LogP contribution in [0.1, 0.15) is 11.1 Å². The minimum absolute atomic E-state index is 0.181. The Hall–Kier alpha value is -6.06. The Balaban J connectivity index is 1.27. The Bertz CT molecular complexity index is 2090. The van der Waals surface area contributed by atoms with Gasteiger partial charge in [-0.25, -0.2) is 9.97 Å². The number of nitrogens with zero attached hydrogens (tertiary/aromatic N) is 4. The number of aromatic nitrogens is 2.